The second-order valence-corrected chi connectivity index (χ2v) is 2.91. The standard InChI is InChI=1S/C8H15NO2/c1-6(10)3-4-8(9)5-7(2)11/h8H,3-5,9H2,1-2H3. The van der Waals surface area contributed by atoms with Crippen LogP contribution in [-0.4, -0.2) is 17.6 Å². The molecular formula is C8H15NO2. The fourth-order valence-electron chi connectivity index (χ4n) is 0.860. The van der Waals surface area contributed by atoms with Crippen LogP contribution in [0.3, 0.4) is 0 Å². The number of rotatable bonds is 5. The quantitative estimate of drug-likeness (QED) is 0.637. The van der Waals surface area contributed by atoms with Gasteiger partial charge in [-0.1, -0.05) is 0 Å². The zero-order chi connectivity index (χ0) is 8.85. The molecule has 0 saturated heterocycles. The molecule has 0 amide bonds. The van der Waals surface area contributed by atoms with Gasteiger partial charge < -0.3 is 10.5 Å². The van der Waals surface area contributed by atoms with E-state index in [9.17, 15) is 9.59 Å². The molecule has 0 aromatic rings. The predicted octanol–water partition coefficient (Wildman–Crippen LogP) is 0.662. The lowest BCUT2D eigenvalue weighted by Gasteiger charge is -2.06. The van der Waals surface area contributed by atoms with Gasteiger partial charge in [0.2, 0.25) is 0 Å². The van der Waals surface area contributed by atoms with Gasteiger partial charge in [-0.2, -0.15) is 0 Å². The summed E-state index contributed by atoms with van der Waals surface area (Å²) >= 11 is 0. The van der Waals surface area contributed by atoms with E-state index in [1.54, 1.807) is 0 Å². The summed E-state index contributed by atoms with van der Waals surface area (Å²) in [5, 5.41) is 0. The van der Waals surface area contributed by atoms with Gasteiger partial charge in [0.05, 0.1) is 0 Å². The van der Waals surface area contributed by atoms with Crippen LogP contribution in [0.1, 0.15) is 33.1 Å². The molecule has 11 heavy (non-hydrogen) atoms. The fraction of sp³-hybridized carbons (Fsp3) is 0.750. The summed E-state index contributed by atoms with van der Waals surface area (Å²) in [6.07, 6.45) is 1.48. The Morgan fingerprint density at radius 2 is 1.82 bits per heavy atom. The van der Waals surface area contributed by atoms with Crippen molar-refractivity contribution in [3.8, 4) is 0 Å². The first-order chi connectivity index (χ1) is 5.02. The van der Waals surface area contributed by atoms with Gasteiger partial charge in [-0.05, 0) is 20.3 Å². The van der Waals surface area contributed by atoms with E-state index in [0.29, 0.717) is 19.3 Å². The number of ketones is 2. The molecular weight excluding hydrogens is 142 g/mol. The topological polar surface area (TPSA) is 60.2 Å². The van der Waals surface area contributed by atoms with E-state index < -0.39 is 0 Å². The van der Waals surface area contributed by atoms with Gasteiger partial charge in [0, 0.05) is 18.9 Å². The summed E-state index contributed by atoms with van der Waals surface area (Å²) in [5.74, 6) is 0.213. The van der Waals surface area contributed by atoms with Gasteiger partial charge in [-0.15, -0.1) is 0 Å². The molecule has 0 rings (SSSR count). The van der Waals surface area contributed by atoms with Crippen molar-refractivity contribution >= 4 is 11.6 Å². The number of Topliss-reactive ketones (excluding diaryl/α,β-unsaturated/α-hetero) is 2. The number of nitrogens with two attached hydrogens (primary N) is 1. The Bertz CT molecular complexity index is 154. The van der Waals surface area contributed by atoms with Crippen molar-refractivity contribution in [2.24, 2.45) is 5.73 Å². The van der Waals surface area contributed by atoms with Gasteiger partial charge >= 0.3 is 0 Å². The lowest BCUT2D eigenvalue weighted by atomic mass is 10.1. The highest BCUT2D eigenvalue weighted by Crippen LogP contribution is 1.99. The molecule has 3 nitrogen and oxygen atoms in total. The van der Waals surface area contributed by atoms with E-state index >= 15 is 0 Å². The average Bonchev–Trinajstić information content (AvgIpc) is 1.82. The molecule has 64 valence electrons. The van der Waals surface area contributed by atoms with Gasteiger partial charge in [0.25, 0.3) is 0 Å². The maximum absolute atomic E-state index is 10.5. The first kappa shape index (κ1) is 10.3. The Morgan fingerprint density at radius 3 is 2.18 bits per heavy atom. The summed E-state index contributed by atoms with van der Waals surface area (Å²) in [7, 11) is 0. The van der Waals surface area contributed by atoms with Crippen LogP contribution < -0.4 is 5.73 Å². The third-order valence-corrected chi connectivity index (χ3v) is 1.42. The Labute approximate surface area is 67.0 Å². The van der Waals surface area contributed by atoms with Crippen molar-refractivity contribution in [3.05, 3.63) is 0 Å². The lowest BCUT2D eigenvalue weighted by molar-refractivity contribution is -0.119. The molecule has 0 bridgehead atoms. The molecule has 1 atom stereocenters. The average molecular weight is 157 g/mol. The van der Waals surface area contributed by atoms with Gasteiger partial charge in [-0.3, -0.25) is 4.79 Å². The Balaban J connectivity index is 3.44. The molecule has 0 aliphatic rings. The maximum Gasteiger partial charge on any atom is 0.131 e. The number of hydrogen-bond donors (Lipinski definition) is 1. The molecule has 1 unspecified atom stereocenters. The van der Waals surface area contributed by atoms with Gasteiger partial charge in [0.15, 0.2) is 0 Å². The van der Waals surface area contributed by atoms with Crippen LogP contribution in [0, 0.1) is 0 Å². The molecule has 0 spiro atoms. The minimum atomic E-state index is -0.142. The first-order valence-corrected chi connectivity index (χ1v) is 3.77. The summed E-state index contributed by atoms with van der Waals surface area (Å²) in [6, 6.07) is -0.142. The largest absolute Gasteiger partial charge is 0.327 e. The van der Waals surface area contributed by atoms with Crippen LogP contribution in [0.15, 0.2) is 0 Å². The smallest absolute Gasteiger partial charge is 0.131 e. The van der Waals surface area contributed by atoms with Crippen molar-refractivity contribution in [2.75, 3.05) is 0 Å². The molecule has 0 aromatic carbocycles. The van der Waals surface area contributed by atoms with E-state index in [0.717, 1.165) is 0 Å². The zero-order valence-electron chi connectivity index (χ0n) is 7.09. The first-order valence-electron chi connectivity index (χ1n) is 3.77. The second kappa shape index (κ2) is 5.02. The number of carbonyl (C=O) groups excluding carboxylic acids is 2. The minimum absolute atomic E-state index is 0.0843. The van der Waals surface area contributed by atoms with Crippen LogP contribution in [-0.2, 0) is 9.59 Å². The molecule has 2 N–H and O–H groups in total. The Kier molecular flexibility index (Phi) is 4.70. The van der Waals surface area contributed by atoms with Crippen LogP contribution in [0.25, 0.3) is 0 Å². The van der Waals surface area contributed by atoms with Crippen molar-refractivity contribution in [2.45, 2.75) is 39.2 Å². The van der Waals surface area contributed by atoms with Crippen LogP contribution in [0.5, 0.6) is 0 Å². The van der Waals surface area contributed by atoms with Crippen molar-refractivity contribution in [3.63, 3.8) is 0 Å². The van der Waals surface area contributed by atoms with Crippen molar-refractivity contribution in [1.82, 2.24) is 0 Å². The fourth-order valence-corrected chi connectivity index (χ4v) is 0.860. The van der Waals surface area contributed by atoms with E-state index in [-0.39, 0.29) is 17.6 Å². The zero-order valence-corrected chi connectivity index (χ0v) is 7.09. The molecule has 0 radical (unpaired) electrons. The van der Waals surface area contributed by atoms with Gasteiger partial charge in [-0.25, -0.2) is 0 Å². The van der Waals surface area contributed by atoms with E-state index in [1.807, 2.05) is 0 Å². The van der Waals surface area contributed by atoms with E-state index in [4.69, 9.17) is 5.73 Å². The van der Waals surface area contributed by atoms with Crippen molar-refractivity contribution in [1.29, 1.82) is 0 Å². The highest BCUT2D eigenvalue weighted by Gasteiger charge is 2.06. The van der Waals surface area contributed by atoms with E-state index in [1.165, 1.54) is 13.8 Å². The normalized spacial score (nSPS) is 12.6. The number of carbonyl (C=O) groups is 2. The molecule has 0 aromatic heterocycles. The van der Waals surface area contributed by atoms with Gasteiger partial charge in [0.1, 0.15) is 11.6 Å². The third-order valence-electron chi connectivity index (χ3n) is 1.42. The van der Waals surface area contributed by atoms with Crippen molar-refractivity contribution < 1.29 is 9.59 Å². The summed E-state index contributed by atoms with van der Waals surface area (Å²) in [6.45, 7) is 3.04. The molecule has 3 heteroatoms. The molecule has 0 heterocycles. The second-order valence-electron chi connectivity index (χ2n) is 2.91. The van der Waals surface area contributed by atoms with Crippen LogP contribution >= 0.6 is 0 Å². The van der Waals surface area contributed by atoms with Crippen LogP contribution in [0.2, 0.25) is 0 Å². The SMILES string of the molecule is CC(=O)CCC(N)CC(C)=O. The number of hydrogen-bond acceptors (Lipinski definition) is 3. The Hall–Kier alpha value is -0.700. The minimum Gasteiger partial charge on any atom is -0.327 e. The molecule has 0 fully saturated rings. The monoisotopic (exact) mass is 157 g/mol. The van der Waals surface area contributed by atoms with Crippen LogP contribution in [0.4, 0.5) is 0 Å². The summed E-state index contributed by atoms with van der Waals surface area (Å²) < 4.78 is 0. The molecule has 0 aliphatic carbocycles. The highest BCUT2D eigenvalue weighted by atomic mass is 16.1. The third kappa shape index (κ3) is 7.19. The lowest BCUT2D eigenvalue weighted by Crippen LogP contribution is -2.23. The molecule has 0 aliphatic heterocycles. The summed E-state index contributed by atoms with van der Waals surface area (Å²) in [5.41, 5.74) is 5.55. The predicted molar refractivity (Wildman–Crippen MR) is 43.2 cm³/mol. The Morgan fingerprint density at radius 1 is 1.27 bits per heavy atom. The highest BCUT2D eigenvalue weighted by molar-refractivity contribution is 5.77. The summed E-state index contributed by atoms with van der Waals surface area (Å²) in [4.78, 5) is 21.0. The maximum atomic E-state index is 10.5. The van der Waals surface area contributed by atoms with E-state index in [2.05, 4.69) is 0 Å². The molecule has 0 saturated carbocycles.